The first-order valence-corrected chi connectivity index (χ1v) is 6.02. The first kappa shape index (κ1) is 12.3. The van der Waals surface area contributed by atoms with Crippen molar-refractivity contribution in [3.8, 4) is 0 Å². The predicted molar refractivity (Wildman–Crippen MR) is 59.0 cm³/mol. The number of aromatic carboxylic acids is 1. The summed E-state index contributed by atoms with van der Waals surface area (Å²) in [4.78, 5) is 10.8. The van der Waals surface area contributed by atoms with Crippen LogP contribution in [0.15, 0.2) is 6.07 Å². The van der Waals surface area contributed by atoms with E-state index in [9.17, 15) is 18.0 Å². The molecule has 8 heteroatoms. The first-order chi connectivity index (χ1) is 8.86. The summed E-state index contributed by atoms with van der Waals surface area (Å²) >= 11 is 0. The van der Waals surface area contributed by atoms with Gasteiger partial charge in [0.05, 0.1) is 0 Å². The number of hydrogen-bond donors (Lipinski definition) is 2. The molecule has 2 N–H and O–H groups in total. The van der Waals surface area contributed by atoms with Crippen molar-refractivity contribution in [3.63, 3.8) is 0 Å². The van der Waals surface area contributed by atoms with Gasteiger partial charge in [0, 0.05) is 12.1 Å². The van der Waals surface area contributed by atoms with E-state index in [0.29, 0.717) is 0 Å². The van der Waals surface area contributed by atoms with Crippen LogP contribution in [0.25, 0.3) is 0 Å². The van der Waals surface area contributed by atoms with Gasteiger partial charge in [-0.25, -0.2) is 9.48 Å². The molecule has 2 heterocycles. The minimum Gasteiger partial charge on any atom is -0.476 e. The van der Waals surface area contributed by atoms with Crippen LogP contribution >= 0.6 is 0 Å². The van der Waals surface area contributed by atoms with Crippen molar-refractivity contribution in [2.75, 3.05) is 5.32 Å². The van der Waals surface area contributed by atoms with Crippen LogP contribution < -0.4 is 5.32 Å². The lowest BCUT2D eigenvalue weighted by Crippen LogP contribution is -2.40. The maximum atomic E-state index is 13.1. The summed E-state index contributed by atoms with van der Waals surface area (Å²) in [6.45, 7) is 0. The van der Waals surface area contributed by atoms with Gasteiger partial charge in [-0.3, -0.25) is 0 Å². The van der Waals surface area contributed by atoms with Gasteiger partial charge in [0.1, 0.15) is 5.82 Å². The van der Waals surface area contributed by atoms with Gasteiger partial charge in [0.2, 0.25) is 0 Å². The van der Waals surface area contributed by atoms with Crippen LogP contribution in [0.3, 0.4) is 0 Å². The molecule has 2 atom stereocenters. The molecule has 0 radical (unpaired) electrons. The number of nitrogens with zero attached hydrogens (tertiary/aromatic N) is 2. The molecule has 1 aromatic heterocycles. The van der Waals surface area contributed by atoms with E-state index in [0.717, 1.165) is 23.6 Å². The van der Waals surface area contributed by atoms with Gasteiger partial charge in [0.25, 0.3) is 0 Å². The van der Waals surface area contributed by atoms with Crippen LogP contribution in [0.1, 0.15) is 35.8 Å². The van der Waals surface area contributed by atoms with E-state index in [1.54, 1.807) is 0 Å². The second-order valence-corrected chi connectivity index (χ2v) is 5.05. The Hall–Kier alpha value is -1.73. The highest BCUT2D eigenvalue weighted by Crippen LogP contribution is 2.45. The highest BCUT2D eigenvalue weighted by atomic mass is 19.4. The smallest absolute Gasteiger partial charge is 0.410 e. The average molecular weight is 275 g/mol. The van der Waals surface area contributed by atoms with Gasteiger partial charge in [0.15, 0.2) is 11.7 Å². The standard InChI is InChI=1S/C11H12F3N3O2/c12-11(13,14)8-3-6(5-1-2-5)15-9-4-7(10(18)19)16-17(8)9/h4-6,8,15H,1-3H2,(H,18,19). The summed E-state index contributed by atoms with van der Waals surface area (Å²) in [5.74, 6) is -0.933. The molecule has 0 saturated heterocycles. The molecule has 3 rings (SSSR count). The minimum absolute atomic E-state index is 0.0953. The van der Waals surface area contributed by atoms with Crippen LogP contribution in [0.5, 0.6) is 0 Å². The second kappa shape index (κ2) is 3.88. The third-order valence-corrected chi connectivity index (χ3v) is 3.63. The molecule has 5 nitrogen and oxygen atoms in total. The number of carboxylic acid groups (broad SMARTS) is 1. The van der Waals surface area contributed by atoms with Crippen molar-refractivity contribution in [2.24, 2.45) is 5.92 Å². The Morgan fingerprint density at radius 2 is 2.16 bits per heavy atom. The summed E-state index contributed by atoms with van der Waals surface area (Å²) < 4.78 is 39.9. The Balaban J connectivity index is 1.99. The molecule has 2 aliphatic rings. The van der Waals surface area contributed by atoms with Gasteiger partial charge >= 0.3 is 12.1 Å². The third kappa shape index (κ3) is 2.15. The fourth-order valence-electron chi connectivity index (χ4n) is 2.51. The molecule has 2 unspecified atom stereocenters. The molecule has 0 aromatic carbocycles. The van der Waals surface area contributed by atoms with E-state index in [1.165, 1.54) is 0 Å². The van der Waals surface area contributed by atoms with Crippen molar-refractivity contribution in [1.82, 2.24) is 9.78 Å². The monoisotopic (exact) mass is 275 g/mol. The molecule has 19 heavy (non-hydrogen) atoms. The molecule has 104 valence electrons. The molecule has 1 aromatic rings. The quantitative estimate of drug-likeness (QED) is 0.869. The average Bonchev–Trinajstić information content (AvgIpc) is 3.05. The Morgan fingerprint density at radius 1 is 1.47 bits per heavy atom. The van der Waals surface area contributed by atoms with Crippen LogP contribution in [0.4, 0.5) is 19.0 Å². The molecule has 1 saturated carbocycles. The Bertz CT molecular complexity index is 522. The fourth-order valence-corrected chi connectivity index (χ4v) is 2.51. The van der Waals surface area contributed by atoms with Gasteiger partial charge in [-0.05, 0) is 25.2 Å². The van der Waals surface area contributed by atoms with Crippen LogP contribution in [0, 0.1) is 5.92 Å². The normalized spacial score (nSPS) is 26.7. The zero-order chi connectivity index (χ0) is 13.8. The third-order valence-electron chi connectivity index (χ3n) is 3.63. The molecular weight excluding hydrogens is 263 g/mol. The lowest BCUT2D eigenvalue weighted by atomic mass is 10.0. The second-order valence-electron chi connectivity index (χ2n) is 5.05. The molecule has 1 fully saturated rings. The van der Waals surface area contributed by atoms with Crippen LogP contribution in [-0.2, 0) is 0 Å². The summed E-state index contributed by atoms with van der Waals surface area (Å²) in [5.41, 5.74) is -0.367. The predicted octanol–water partition coefficient (Wildman–Crippen LogP) is 2.28. The Labute approximate surface area is 106 Å². The summed E-state index contributed by atoms with van der Waals surface area (Å²) in [5, 5.41) is 15.3. The lowest BCUT2D eigenvalue weighted by molar-refractivity contribution is -0.174. The molecule has 0 spiro atoms. The zero-order valence-corrected chi connectivity index (χ0v) is 9.81. The molecule has 1 aliphatic carbocycles. The number of nitrogens with one attached hydrogen (secondary N) is 1. The SMILES string of the molecule is O=C(O)c1cc2n(n1)C(C(F)(F)F)CC(C1CC1)N2. The topological polar surface area (TPSA) is 67.1 Å². The van der Waals surface area contributed by atoms with Gasteiger partial charge in [-0.1, -0.05) is 0 Å². The van der Waals surface area contributed by atoms with Crippen molar-refractivity contribution in [2.45, 2.75) is 37.5 Å². The van der Waals surface area contributed by atoms with Crippen molar-refractivity contribution in [1.29, 1.82) is 0 Å². The molecular formula is C11H12F3N3O2. The Kier molecular flexibility index (Phi) is 2.51. The number of carbonyl (C=O) groups is 1. The fraction of sp³-hybridized carbons (Fsp3) is 0.636. The molecule has 0 amide bonds. The maximum Gasteiger partial charge on any atom is 0.410 e. The highest BCUT2D eigenvalue weighted by Gasteiger charge is 2.49. The van der Waals surface area contributed by atoms with Gasteiger partial charge in [-0.2, -0.15) is 18.3 Å². The van der Waals surface area contributed by atoms with E-state index in [2.05, 4.69) is 10.4 Å². The van der Waals surface area contributed by atoms with Gasteiger partial charge < -0.3 is 10.4 Å². The lowest BCUT2D eigenvalue weighted by Gasteiger charge is -2.33. The summed E-state index contributed by atoms with van der Waals surface area (Å²) in [7, 11) is 0. The first-order valence-electron chi connectivity index (χ1n) is 6.02. The number of rotatable bonds is 2. The number of hydrogen-bond acceptors (Lipinski definition) is 3. The van der Waals surface area contributed by atoms with E-state index in [4.69, 9.17) is 5.11 Å². The van der Waals surface area contributed by atoms with E-state index < -0.39 is 18.2 Å². The summed E-state index contributed by atoms with van der Waals surface area (Å²) in [6, 6.07) is -0.838. The zero-order valence-electron chi connectivity index (χ0n) is 9.81. The van der Waals surface area contributed by atoms with Crippen LogP contribution in [-0.4, -0.2) is 33.1 Å². The highest BCUT2D eigenvalue weighted by molar-refractivity contribution is 5.86. The number of anilines is 1. The summed E-state index contributed by atoms with van der Waals surface area (Å²) in [6.07, 6.45) is -2.68. The van der Waals surface area contributed by atoms with Crippen molar-refractivity contribution >= 4 is 11.8 Å². The Morgan fingerprint density at radius 3 is 2.68 bits per heavy atom. The van der Waals surface area contributed by atoms with Crippen molar-refractivity contribution < 1.29 is 23.1 Å². The number of fused-ring (bicyclic) bond motifs is 1. The van der Waals surface area contributed by atoms with E-state index in [1.807, 2.05) is 0 Å². The molecule has 0 bridgehead atoms. The number of aromatic nitrogens is 2. The number of halogens is 3. The largest absolute Gasteiger partial charge is 0.476 e. The van der Waals surface area contributed by atoms with E-state index >= 15 is 0 Å². The maximum absolute atomic E-state index is 13.1. The van der Waals surface area contributed by atoms with Crippen molar-refractivity contribution in [3.05, 3.63) is 11.8 Å². The molecule has 1 aliphatic heterocycles. The van der Waals surface area contributed by atoms with Gasteiger partial charge in [-0.15, -0.1) is 0 Å². The number of alkyl halides is 3. The minimum atomic E-state index is -4.42. The van der Waals surface area contributed by atoms with E-state index in [-0.39, 0.29) is 29.9 Å². The number of carboxylic acids is 1. The van der Waals surface area contributed by atoms with Crippen LogP contribution in [0.2, 0.25) is 0 Å².